The van der Waals surface area contributed by atoms with Crippen molar-refractivity contribution in [2.75, 3.05) is 23.3 Å². The van der Waals surface area contributed by atoms with E-state index in [2.05, 4.69) is 20.2 Å². The molecule has 1 aliphatic rings. The zero-order valence-electron chi connectivity index (χ0n) is 17.7. The Hall–Kier alpha value is -3.13. The Morgan fingerprint density at radius 2 is 1.85 bits per heavy atom. The number of nitrogens with two attached hydrogens (primary N) is 1. The maximum atomic E-state index is 13.1. The third-order valence-corrected chi connectivity index (χ3v) is 6.23. The number of carbonyl (C=O) groups is 1. The maximum Gasteiger partial charge on any atom is 0.275 e. The Kier molecular flexibility index (Phi) is 5.93. The number of benzene rings is 1. The van der Waals surface area contributed by atoms with Crippen LogP contribution < -0.4 is 16.0 Å². The lowest BCUT2D eigenvalue weighted by Crippen LogP contribution is -2.40. The van der Waals surface area contributed by atoms with Gasteiger partial charge in [-0.1, -0.05) is 29.3 Å². The number of nitrogens with one attached hydrogen (secondary N) is 1. The van der Waals surface area contributed by atoms with Crippen molar-refractivity contribution in [1.29, 1.82) is 0 Å². The minimum absolute atomic E-state index is 0.170. The Morgan fingerprint density at radius 1 is 1.09 bits per heavy atom. The highest BCUT2D eigenvalue weighted by Gasteiger charge is 2.24. The van der Waals surface area contributed by atoms with Crippen LogP contribution in [0.25, 0.3) is 16.8 Å². The summed E-state index contributed by atoms with van der Waals surface area (Å²) < 4.78 is 1.81. The van der Waals surface area contributed by atoms with E-state index in [1.54, 1.807) is 24.7 Å². The number of anilines is 2. The van der Waals surface area contributed by atoms with E-state index in [4.69, 9.17) is 28.9 Å². The van der Waals surface area contributed by atoms with Crippen LogP contribution >= 0.6 is 23.2 Å². The van der Waals surface area contributed by atoms with Crippen molar-refractivity contribution in [3.63, 3.8) is 0 Å². The molecule has 0 radical (unpaired) electrons. The molecule has 7 nitrogen and oxygen atoms in total. The lowest BCUT2D eigenvalue weighted by molar-refractivity contribution is 0.102. The van der Waals surface area contributed by atoms with Gasteiger partial charge >= 0.3 is 0 Å². The fourth-order valence-electron chi connectivity index (χ4n) is 4.16. The van der Waals surface area contributed by atoms with Crippen LogP contribution in [-0.2, 0) is 0 Å². The number of imidazole rings is 1. The Morgan fingerprint density at radius 3 is 2.58 bits per heavy atom. The number of aromatic nitrogens is 3. The summed E-state index contributed by atoms with van der Waals surface area (Å²) in [6.45, 7) is 1.54. The number of nitrogens with zero attached hydrogens (tertiary/aromatic N) is 4. The largest absolute Gasteiger partial charge is 0.369 e. The van der Waals surface area contributed by atoms with Gasteiger partial charge in [-0.2, -0.15) is 0 Å². The molecule has 1 aromatic carbocycles. The molecule has 1 saturated heterocycles. The normalized spacial score (nSPS) is 14.6. The van der Waals surface area contributed by atoms with Crippen molar-refractivity contribution in [3.05, 3.63) is 76.9 Å². The first-order valence-corrected chi connectivity index (χ1v) is 11.4. The molecule has 168 valence electrons. The van der Waals surface area contributed by atoms with Crippen molar-refractivity contribution < 1.29 is 4.79 Å². The number of amides is 1. The van der Waals surface area contributed by atoms with Gasteiger partial charge in [-0.05, 0) is 48.7 Å². The molecule has 3 N–H and O–H groups in total. The first kappa shape index (κ1) is 21.7. The molecule has 1 aliphatic heterocycles. The van der Waals surface area contributed by atoms with Crippen LogP contribution in [0.3, 0.4) is 0 Å². The zero-order valence-corrected chi connectivity index (χ0v) is 19.2. The van der Waals surface area contributed by atoms with Crippen LogP contribution in [0.4, 0.5) is 11.4 Å². The van der Waals surface area contributed by atoms with Gasteiger partial charge in [-0.25, -0.2) is 4.98 Å². The van der Waals surface area contributed by atoms with Crippen LogP contribution in [0.5, 0.6) is 0 Å². The fourth-order valence-corrected chi connectivity index (χ4v) is 4.69. The molecule has 5 rings (SSSR count). The van der Waals surface area contributed by atoms with E-state index in [-0.39, 0.29) is 11.9 Å². The van der Waals surface area contributed by atoms with Gasteiger partial charge in [0.2, 0.25) is 0 Å². The highest BCUT2D eigenvalue weighted by atomic mass is 35.5. The van der Waals surface area contributed by atoms with Crippen LogP contribution in [0.2, 0.25) is 10.0 Å². The molecule has 0 atom stereocenters. The highest BCUT2D eigenvalue weighted by Crippen LogP contribution is 2.39. The summed E-state index contributed by atoms with van der Waals surface area (Å²) in [5, 5.41) is 4.08. The second-order valence-corrected chi connectivity index (χ2v) is 8.99. The summed E-state index contributed by atoms with van der Waals surface area (Å²) in [5.74, 6) is -0.309. The summed E-state index contributed by atoms with van der Waals surface area (Å²) in [5.41, 5.74) is 10.3. The molecule has 0 saturated carbocycles. The first-order chi connectivity index (χ1) is 16.0. The van der Waals surface area contributed by atoms with Crippen LogP contribution in [0.1, 0.15) is 23.3 Å². The predicted octanol–water partition coefficient (Wildman–Crippen LogP) is 4.88. The van der Waals surface area contributed by atoms with Crippen LogP contribution in [0, 0.1) is 0 Å². The van der Waals surface area contributed by atoms with Gasteiger partial charge in [0, 0.05) is 53.3 Å². The smallest absolute Gasteiger partial charge is 0.275 e. The highest BCUT2D eigenvalue weighted by molar-refractivity contribution is 6.35. The molecular formula is C24H22Cl2N6O. The number of rotatable bonds is 4. The average Bonchev–Trinajstić information content (AvgIpc) is 3.24. The Bertz CT molecular complexity index is 1280. The number of pyridine rings is 2. The summed E-state index contributed by atoms with van der Waals surface area (Å²) in [6, 6.07) is 11.2. The van der Waals surface area contributed by atoms with E-state index in [9.17, 15) is 4.79 Å². The topological polar surface area (TPSA) is 88.5 Å². The van der Waals surface area contributed by atoms with Crippen molar-refractivity contribution in [2.45, 2.75) is 18.9 Å². The van der Waals surface area contributed by atoms with E-state index in [1.807, 2.05) is 40.9 Å². The molecule has 4 heterocycles. The zero-order chi connectivity index (χ0) is 22.9. The van der Waals surface area contributed by atoms with E-state index >= 15 is 0 Å². The van der Waals surface area contributed by atoms with Gasteiger partial charge in [0.15, 0.2) is 0 Å². The molecule has 0 spiro atoms. The molecule has 0 aliphatic carbocycles. The maximum absolute atomic E-state index is 13.1. The summed E-state index contributed by atoms with van der Waals surface area (Å²) >= 11 is 12.6. The number of carbonyl (C=O) groups excluding carboxylic acids is 1. The summed E-state index contributed by atoms with van der Waals surface area (Å²) in [6.07, 6.45) is 8.71. The summed E-state index contributed by atoms with van der Waals surface area (Å²) in [4.78, 5) is 24.2. The SMILES string of the molecule is NC1CCN(c2c(NC(=O)c3cn4ccccc4n3)cncc2-c2cc(Cl)cc(Cl)c2)CC1. The van der Waals surface area contributed by atoms with Crippen LogP contribution in [-0.4, -0.2) is 39.4 Å². The Labute approximate surface area is 201 Å². The molecule has 3 aromatic heterocycles. The third kappa shape index (κ3) is 4.53. The fraction of sp³-hybridized carbons (Fsp3) is 0.208. The third-order valence-electron chi connectivity index (χ3n) is 5.79. The predicted molar refractivity (Wildman–Crippen MR) is 132 cm³/mol. The minimum atomic E-state index is -0.309. The molecule has 33 heavy (non-hydrogen) atoms. The number of piperidine rings is 1. The molecule has 9 heteroatoms. The van der Waals surface area contributed by atoms with E-state index < -0.39 is 0 Å². The molecule has 1 fully saturated rings. The van der Waals surface area contributed by atoms with Crippen molar-refractivity contribution >= 4 is 46.1 Å². The van der Waals surface area contributed by atoms with Crippen molar-refractivity contribution in [1.82, 2.24) is 14.4 Å². The second-order valence-electron chi connectivity index (χ2n) is 8.11. The molecular weight excluding hydrogens is 459 g/mol. The van der Waals surface area contributed by atoms with Gasteiger partial charge in [0.25, 0.3) is 5.91 Å². The van der Waals surface area contributed by atoms with Crippen molar-refractivity contribution in [3.8, 4) is 11.1 Å². The van der Waals surface area contributed by atoms with E-state index in [0.29, 0.717) is 27.1 Å². The molecule has 0 bridgehead atoms. The molecule has 1 amide bonds. The lowest BCUT2D eigenvalue weighted by Gasteiger charge is -2.34. The van der Waals surface area contributed by atoms with Gasteiger partial charge in [-0.15, -0.1) is 0 Å². The number of fused-ring (bicyclic) bond motifs is 1. The van der Waals surface area contributed by atoms with E-state index in [0.717, 1.165) is 42.7 Å². The number of hydrogen-bond donors (Lipinski definition) is 2. The standard InChI is InChI=1S/C24H22Cl2N6O/c25-16-9-15(10-17(26)11-16)19-12-28-13-20(23(19)31-7-4-18(27)5-8-31)30-24(33)21-14-32-6-2-1-3-22(32)29-21/h1-3,6,9-14,18H,4-5,7-8,27H2,(H,30,33). The molecule has 4 aromatic rings. The van der Waals surface area contributed by atoms with Crippen LogP contribution in [0.15, 0.2) is 61.2 Å². The first-order valence-electron chi connectivity index (χ1n) is 10.7. The monoisotopic (exact) mass is 480 g/mol. The lowest BCUT2D eigenvalue weighted by atomic mass is 10.0. The molecule has 0 unspecified atom stereocenters. The Balaban J connectivity index is 1.56. The average molecular weight is 481 g/mol. The minimum Gasteiger partial charge on any atom is -0.369 e. The number of hydrogen-bond acceptors (Lipinski definition) is 5. The van der Waals surface area contributed by atoms with Crippen molar-refractivity contribution in [2.24, 2.45) is 5.73 Å². The second kappa shape index (κ2) is 9.02. The van der Waals surface area contributed by atoms with Gasteiger partial charge < -0.3 is 20.4 Å². The summed E-state index contributed by atoms with van der Waals surface area (Å²) in [7, 11) is 0. The van der Waals surface area contributed by atoms with Gasteiger partial charge in [0.05, 0.1) is 17.6 Å². The quantitative estimate of drug-likeness (QED) is 0.434. The van der Waals surface area contributed by atoms with Gasteiger partial charge in [0.1, 0.15) is 11.3 Å². The van der Waals surface area contributed by atoms with E-state index in [1.165, 1.54) is 0 Å². The number of halogens is 2. The van der Waals surface area contributed by atoms with Gasteiger partial charge in [-0.3, -0.25) is 9.78 Å².